The molecule has 0 aromatic carbocycles. The Bertz CT molecular complexity index is 1120. The summed E-state index contributed by atoms with van der Waals surface area (Å²) in [6.45, 7) is 12.7. The SMILES string of the molecule is C=C(C)c1nc(Cl)c(F)c2c1c(N1C[C@@H]3CC[C@H]1CN3C(=O)OC(C)(C)C)nn2C1CC1. The zero-order valence-electron chi connectivity index (χ0n) is 19.0. The lowest BCUT2D eigenvalue weighted by atomic mass is 9.91. The molecule has 0 radical (unpaired) electrons. The lowest BCUT2D eigenvalue weighted by molar-refractivity contribution is 0.000806. The van der Waals surface area contributed by atoms with Gasteiger partial charge in [-0.05, 0) is 59.0 Å². The molecule has 1 aliphatic carbocycles. The standard InChI is InChI=1S/C23H29ClFN5O2/c1-12(2)18-16-19(17(25)20(24)26-18)30(13-6-7-13)27-21(16)28-10-15-9-8-14(28)11-29(15)22(31)32-23(3,4)5/h13-15H,1,6-11H2,2-5H3/t14-,15-/m0/s1. The van der Waals surface area contributed by atoms with Gasteiger partial charge in [0, 0.05) is 19.1 Å². The van der Waals surface area contributed by atoms with E-state index in [4.69, 9.17) is 21.4 Å². The molecule has 32 heavy (non-hydrogen) atoms. The van der Waals surface area contributed by atoms with Crippen LogP contribution in [0.25, 0.3) is 16.5 Å². The maximum Gasteiger partial charge on any atom is 0.410 e. The fraction of sp³-hybridized carbons (Fsp3) is 0.609. The molecule has 2 aromatic rings. The smallest absolute Gasteiger partial charge is 0.410 e. The summed E-state index contributed by atoms with van der Waals surface area (Å²) in [5.74, 6) is 0.182. The normalized spacial score (nSPS) is 23.2. The van der Waals surface area contributed by atoms with Crippen molar-refractivity contribution in [2.45, 2.75) is 77.1 Å². The average Bonchev–Trinajstić information content (AvgIpc) is 3.49. The van der Waals surface area contributed by atoms with Crippen molar-refractivity contribution in [2.24, 2.45) is 0 Å². The minimum atomic E-state index is -0.536. The van der Waals surface area contributed by atoms with Crippen LogP contribution in [0.3, 0.4) is 0 Å². The van der Waals surface area contributed by atoms with E-state index >= 15 is 4.39 Å². The Kier molecular flexibility index (Phi) is 4.93. The Balaban J connectivity index is 1.56. The summed E-state index contributed by atoms with van der Waals surface area (Å²) in [4.78, 5) is 21.1. The van der Waals surface area contributed by atoms with Crippen molar-refractivity contribution in [2.75, 3.05) is 18.0 Å². The van der Waals surface area contributed by atoms with Gasteiger partial charge in [0.05, 0.1) is 23.2 Å². The Morgan fingerprint density at radius 3 is 2.38 bits per heavy atom. The predicted molar refractivity (Wildman–Crippen MR) is 123 cm³/mol. The summed E-state index contributed by atoms with van der Waals surface area (Å²) in [6, 6.07) is 0.279. The van der Waals surface area contributed by atoms with Crippen molar-refractivity contribution in [3.8, 4) is 0 Å². The molecule has 3 aliphatic heterocycles. The molecule has 0 spiro atoms. The number of hydrogen-bond donors (Lipinski definition) is 0. The van der Waals surface area contributed by atoms with Gasteiger partial charge in [-0.3, -0.25) is 4.68 Å². The zero-order chi connectivity index (χ0) is 22.9. The molecule has 6 rings (SSSR count). The largest absolute Gasteiger partial charge is 0.444 e. The van der Waals surface area contributed by atoms with Crippen LogP contribution in [-0.4, -0.2) is 56.5 Å². The van der Waals surface area contributed by atoms with Crippen molar-refractivity contribution < 1.29 is 13.9 Å². The molecule has 1 amide bonds. The minimum Gasteiger partial charge on any atom is -0.444 e. The first kappa shape index (κ1) is 21.5. The fourth-order valence-corrected chi connectivity index (χ4v) is 5.05. The number of piperidine rings is 2. The van der Waals surface area contributed by atoms with Crippen LogP contribution in [0.4, 0.5) is 15.0 Å². The lowest BCUT2D eigenvalue weighted by Crippen LogP contribution is -2.64. The average molecular weight is 462 g/mol. The first-order chi connectivity index (χ1) is 15.0. The number of anilines is 1. The van der Waals surface area contributed by atoms with Gasteiger partial charge in [-0.1, -0.05) is 18.2 Å². The number of piperazine rings is 1. The second kappa shape index (κ2) is 7.33. The van der Waals surface area contributed by atoms with Crippen molar-refractivity contribution in [3.05, 3.63) is 23.2 Å². The van der Waals surface area contributed by atoms with Crippen molar-refractivity contribution in [1.29, 1.82) is 0 Å². The molecular weight excluding hydrogens is 433 g/mol. The predicted octanol–water partition coefficient (Wildman–Crippen LogP) is 5.18. The summed E-state index contributed by atoms with van der Waals surface area (Å²) in [5.41, 5.74) is 1.17. The van der Waals surface area contributed by atoms with Gasteiger partial charge in [0.15, 0.2) is 16.8 Å². The lowest BCUT2D eigenvalue weighted by Gasteiger charge is -2.51. The molecule has 2 aromatic heterocycles. The van der Waals surface area contributed by atoms with E-state index in [-0.39, 0.29) is 29.4 Å². The number of aromatic nitrogens is 3. The molecule has 4 fully saturated rings. The first-order valence-corrected chi connectivity index (χ1v) is 11.6. The third-order valence-corrected chi connectivity index (χ3v) is 6.70. The molecule has 2 bridgehead atoms. The first-order valence-electron chi connectivity index (χ1n) is 11.2. The van der Waals surface area contributed by atoms with Gasteiger partial charge in [0.25, 0.3) is 0 Å². The van der Waals surface area contributed by atoms with Crippen LogP contribution >= 0.6 is 11.6 Å². The number of allylic oxidation sites excluding steroid dienone is 1. The quantitative estimate of drug-likeness (QED) is 0.589. The highest BCUT2D eigenvalue weighted by Crippen LogP contribution is 2.44. The monoisotopic (exact) mass is 461 g/mol. The number of carbonyl (C=O) groups excluding carboxylic acids is 1. The van der Waals surface area contributed by atoms with E-state index in [9.17, 15) is 4.79 Å². The van der Waals surface area contributed by atoms with Crippen molar-refractivity contribution in [1.82, 2.24) is 19.7 Å². The van der Waals surface area contributed by atoms with E-state index in [1.807, 2.05) is 32.6 Å². The van der Waals surface area contributed by atoms with E-state index < -0.39 is 11.4 Å². The van der Waals surface area contributed by atoms with Crippen molar-refractivity contribution in [3.63, 3.8) is 0 Å². The number of amides is 1. The summed E-state index contributed by atoms with van der Waals surface area (Å²) >= 11 is 6.16. The number of pyridine rings is 1. The highest BCUT2D eigenvalue weighted by atomic mass is 35.5. The topological polar surface area (TPSA) is 63.5 Å². The van der Waals surface area contributed by atoms with Gasteiger partial charge < -0.3 is 14.5 Å². The van der Waals surface area contributed by atoms with Crippen LogP contribution < -0.4 is 4.90 Å². The highest BCUT2D eigenvalue weighted by Gasteiger charge is 2.45. The van der Waals surface area contributed by atoms with Gasteiger partial charge in [-0.25, -0.2) is 14.2 Å². The number of hydrogen-bond acceptors (Lipinski definition) is 5. The van der Waals surface area contributed by atoms with Crippen LogP contribution in [0.5, 0.6) is 0 Å². The zero-order valence-corrected chi connectivity index (χ0v) is 19.7. The number of halogens is 2. The Labute approximate surface area is 192 Å². The number of fused-ring (bicyclic) bond motifs is 4. The van der Waals surface area contributed by atoms with E-state index in [2.05, 4.69) is 16.5 Å². The van der Waals surface area contributed by atoms with Crippen LogP contribution in [0.1, 0.15) is 65.1 Å². The number of ether oxygens (including phenoxy) is 1. The van der Waals surface area contributed by atoms with Gasteiger partial charge in [0.2, 0.25) is 0 Å². The summed E-state index contributed by atoms with van der Waals surface area (Å²) in [7, 11) is 0. The molecule has 3 saturated heterocycles. The maximum atomic E-state index is 15.2. The Morgan fingerprint density at radius 1 is 1.16 bits per heavy atom. The molecule has 7 nitrogen and oxygen atoms in total. The number of rotatable bonds is 3. The second-order valence-corrected chi connectivity index (χ2v) is 10.6. The molecule has 172 valence electrons. The molecule has 0 N–H and O–H groups in total. The fourth-order valence-electron chi connectivity index (χ4n) is 4.88. The van der Waals surface area contributed by atoms with Crippen LogP contribution in [0.2, 0.25) is 5.15 Å². The second-order valence-electron chi connectivity index (χ2n) is 10.2. The molecule has 0 unspecified atom stereocenters. The van der Waals surface area contributed by atoms with Gasteiger partial charge in [0.1, 0.15) is 11.1 Å². The molecule has 9 heteroatoms. The summed E-state index contributed by atoms with van der Waals surface area (Å²) in [6.07, 6.45) is 3.51. The highest BCUT2D eigenvalue weighted by molar-refractivity contribution is 6.30. The van der Waals surface area contributed by atoms with Crippen LogP contribution in [-0.2, 0) is 4.74 Å². The Morgan fingerprint density at radius 2 is 1.81 bits per heavy atom. The van der Waals surface area contributed by atoms with E-state index in [0.717, 1.165) is 25.7 Å². The third-order valence-electron chi connectivity index (χ3n) is 6.45. The van der Waals surface area contributed by atoms with Gasteiger partial charge in [-0.2, -0.15) is 5.10 Å². The van der Waals surface area contributed by atoms with Crippen LogP contribution in [0, 0.1) is 5.82 Å². The van der Waals surface area contributed by atoms with E-state index in [0.29, 0.717) is 41.1 Å². The van der Waals surface area contributed by atoms with Crippen LogP contribution in [0.15, 0.2) is 6.58 Å². The third kappa shape index (κ3) is 3.52. The molecule has 5 heterocycles. The molecular formula is C23H29ClFN5O2. The van der Waals surface area contributed by atoms with E-state index in [1.54, 1.807) is 4.68 Å². The Hall–Kier alpha value is -2.35. The summed E-state index contributed by atoms with van der Waals surface area (Å²) in [5, 5.41) is 5.41. The number of nitrogens with zero attached hydrogens (tertiary/aromatic N) is 5. The minimum absolute atomic E-state index is 0.0226. The van der Waals surface area contributed by atoms with E-state index in [1.165, 1.54) is 0 Å². The van der Waals surface area contributed by atoms with Gasteiger partial charge >= 0.3 is 6.09 Å². The summed E-state index contributed by atoms with van der Waals surface area (Å²) < 4.78 is 22.6. The molecule has 4 aliphatic rings. The molecule has 2 atom stereocenters. The number of carbonyl (C=O) groups is 1. The van der Waals surface area contributed by atoms with Gasteiger partial charge in [-0.15, -0.1) is 0 Å². The molecule has 1 saturated carbocycles. The maximum absolute atomic E-state index is 15.2. The van der Waals surface area contributed by atoms with Crippen molar-refractivity contribution >= 4 is 40.0 Å².